The Balaban J connectivity index is 1.81. The SMILES string of the molecule is CCOCCCNC(=O)[C@@H]1c2c(ncn2C(C)C)CCN1Cc1ccccc1. The molecule has 2 aromatic rings. The maximum absolute atomic E-state index is 13.2. The number of hydrogen-bond donors (Lipinski definition) is 1. The molecule has 1 N–H and O–H groups in total. The minimum Gasteiger partial charge on any atom is -0.382 e. The van der Waals surface area contributed by atoms with E-state index in [0.29, 0.717) is 19.8 Å². The van der Waals surface area contributed by atoms with Crippen LogP contribution in [0.2, 0.25) is 0 Å². The molecular weight excluding hydrogens is 352 g/mol. The average Bonchev–Trinajstić information content (AvgIpc) is 3.12. The smallest absolute Gasteiger partial charge is 0.243 e. The molecule has 3 rings (SSSR count). The minimum absolute atomic E-state index is 0.0516. The second kappa shape index (κ2) is 9.85. The lowest BCUT2D eigenvalue weighted by molar-refractivity contribution is -0.127. The molecule has 28 heavy (non-hydrogen) atoms. The number of carbonyl (C=O) groups excluding carboxylic acids is 1. The summed E-state index contributed by atoms with van der Waals surface area (Å²) in [5.74, 6) is 0.0516. The molecule has 6 heteroatoms. The van der Waals surface area contributed by atoms with Gasteiger partial charge in [-0.25, -0.2) is 4.98 Å². The van der Waals surface area contributed by atoms with Crippen molar-refractivity contribution in [1.29, 1.82) is 0 Å². The molecule has 0 unspecified atom stereocenters. The van der Waals surface area contributed by atoms with Crippen molar-refractivity contribution in [1.82, 2.24) is 19.8 Å². The van der Waals surface area contributed by atoms with E-state index < -0.39 is 0 Å². The zero-order chi connectivity index (χ0) is 19.9. The van der Waals surface area contributed by atoms with Crippen LogP contribution in [0.1, 0.15) is 56.2 Å². The maximum Gasteiger partial charge on any atom is 0.243 e. The van der Waals surface area contributed by atoms with Gasteiger partial charge in [-0.1, -0.05) is 30.3 Å². The number of nitrogens with zero attached hydrogens (tertiary/aromatic N) is 3. The first kappa shape index (κ1) is 20.6. The number of hydrogen-bond acceptors (Lipinski definition) is 4. The highest BCUT2D eigenvalue weighted by molar-refractivity contribution is 5.83. The average molecular weight is 385 g/mol. The van der Waals surface area contributed by atoms with Crippen molar-refractivity contribution in [2.45, 2.75) is 52.2 Å². The van der Waals surface area contributed by atoms with Crippen LogP contribution in [-0.2, 0) is 22.5 Å². The van der Waals surface area contributed by atoms with Gasteiger partial charge >= 0.3 is 0 Å². The minimum atomic E-state index is -0.319. The summed E-state index contributed by atoms with van der Waals surface area (Å²) < 4.78 is 7.53. The van der Waals surface area contributed by atoms with Crippen LogP contribution in [0.25, 0.3) is 0 Å². The molecule has 6 nitrogen and oxygen atoms in total. The lowest BCUT2D eigenvalue weighted by Gasteiger charge is -2.36. The van der Waals surface area contributed by atoms with Crippen LogP contribution in [0.4, 0.5) is 0 Å². The van der Waals surface area contributed by atoms with Gasteiger partial charge in [0.15, 0.2) is 0 Å². The van der Waals surface area contributed by atoms with Crippen LogP contribution in [-0.4, -0.2) is 46.7 Å². The van der Waals surface area contributed by atoms with Crippen LogP contribution in [0.15, 0.2) is 36.7 Å². The molecule has 2 heterocycles. The number of ether oxygens (including phenoxy) is 1. The number of benzene rings is 1. The number of rotatable bonds is 9. The third-order valence-corrected chi connectivity index (χ3v) is 5.17. The van der Waals surface area contributed by atoms with Crippen molar-refractivity contribution in [3.8, 4) is 0 Å². The summed E-state index contributed by atoms with van der Waals surface area (Å²) in [7, 11) is 0. The Hall–Kier alpha value is -2.18. The largest absolute Gasteiger partial charge is 0.382 e. The summed E-state index contributed by atoms with van der Waals surface area (Å²) in [5, 5.41) is 3.12. The fourth-order valence-electron chi connectivity index (χ4n) is 3.77. The molecule has 0 radical (unpaired) electrons. The van der Waals surface area contributed by atoms with Crippen LogP contribution in [0.3, 0.4) is 0 Å². The van der Waals surface area contributed by atoms with E-state index in [1.807, 2.05) is 31.5 Å². The van der Waals surface area contributed by atoms with Crippen LogP contribution in [0.5, 0.6) is 0 Å². The lowest BCUT2D eigenvalue weighted by atomic mass is 10.00. The van der Waals surface area contributed by atoms with Gasteiger partial charge in [0.25, 0.3) is 0 Å². The molecule has 1 aliphatic rings. The summed E-state index contributed by atoms with van der Waals surface area (Å²) in [4.78, 5) is 20.1. The summed E-state index contributed by atoms with van der Waals surface area (Å²) in [6.45, 7) is 9.83. The van der Waals surface area contributed by atoms with Crippen molar-refractivity contribution in [2.24, 2.45) is 0 Å². The number of aromatic nitrogens is 2. The highest BCUT2D eigenvalue weighted by Crippen LogP contribution is 2.32. The van der Waals surface area contributed by atoms with Gasteiger partial charge in [0.2, 0.25) is 5.91 Å². The van der Waals surface area contributed by atoms with E-state index in [2.05, 4.69) is 45.7 Å². The number of imidazole rings is 1. The normalized spacial score (nSPS) is 16.9. The van der Waals surface area contributed by atoms with E-state index in [4.69, 9.17) is 4.74 Å². The highest BCUT2D eigenvalue weighted by atomic mass is 16.5. The van der Waals surface area contributed by atoms with Crippen molar-refractivity contribution >= 4 is 5.91 Å². The molecule has 1 aliphatic heterocycles. The molecule has 1 amide bonds. The van der Waals surface area contributed by atoms with Crippen molar-refractivity contribution < 1.29 is 9.53 Å². The van der Waals surface area contributed by atoms with Crippen molar-refractivity contribution in [2.75, 3.05) is 26.3 Å². The Morgan fingerprint density at radius 3 is 2.82 bits per heavy atom. The third kappa shape index (κ3) is 4.80. The van der Waals surface area contributed by atoms with E-state index in [1.165, 1.54) is 5.56 Å². The predicted molar refractivity (Wildman–Crippen MR) is 110 cm³/mol. The predicted octanol–water partition coefficient (Wildman–Crippen LogP) is 3.11. The molecule has 1 atom stereocenters. The molecule has 0 fully saturated rings. The van der Waals surface area contributed by atoms with Gasteiger partial charge in [-0.2, -0.15) is 0 Å². The second-order valence-corrected chi connectivity index (χ2v) is 7.53. The molecule has 1 aromatic heterocycles. The Kier molecular flexibility index (Phi) is 7.23. The quantitative estimate of drug-likeness (QED) is 0.675. The molecule has 0 saturated heterocycles. The summed E-state index contributed by atoms with van der Waals surface area (Å²) in [6, 6.07) is 10.3. The maximum atomic E-state index is 13.2. The number of fused-ring (bicyclic) bond motifs is 1. The van der Waals surface area contributed by atoms with E-state index in [0.717, 1.165) is 37.3 Å². The van der Waals surface area contributed by atoms with E-state index >= 15 is 0 Å². The fourth-order valence-corrected chi connectivity index (χ4v) is 3.77. The zero-order valence-electron chi connectivity index (χ0n) is 17.2. The second-order valence-electron chi connectivity index (χ2n) is 7.53. The standard InChI is InChI=1S/C22H32N4O2/c1-4-28-14-8-12-23-22(27)21-20-19(24-16-26(20)17(2)3)11-13-25(21)15-18-9-6-5-7-10-18/h5-7,9-10,16-17,21H,4,8,11-15H2,1-3H3,(H,23,27)/t21-/m0/s1. The van der Waals surface area contributed by atoms with Crippen molar-refractivity contribution in [3.05, 3.63) is 53.6 Å². The first-order chi connectivity index (χ1) is 13.6. The van der Waals surface area contributed by atoms with E-state index in [9.17, 15) is 4.79 Å². The highest BCUT2D eigenvalue weighted by Gasteiger charge is 2.36. The van der Waals surface area contributed by atoms with Crippen LogP contribution in [0, 0.1) is 0 Å². The van der Waals surface area contributed by atoms with Gasteiger partial charge in [-0.15, -0.1) is 0 Å². The molecule has 0 aliphatic carbocycles. The van der Waals surface area contributed by atoms with Crippen molar-refractivity contribution in [3.63, 3.8) is 0 Å². The number of nitrogens with one attached hydrogen (secondary N) is 1. The van der Waals surface area contributed by atoms with E-state index in [1.54, 1.807) is 0 Å². The Labute approximate surface area is 167 Å². The van der Waals surface area contributed by atoms with Gasteiger partial charge in [-0.3, -0.25) is 9.69 Å². The molecule has 1 aromatic carbocycles. The molecule has 152 valence electrons. The van der Waals surface area contributed by atoms with Crippen LogP contribution >= 0.6 is 0 Å². The lowest BCUT2D eigenvalue weighted by Crippen LogP contribution is -2.45. The Morgan fingerprint density at radius 2 is 2.11 bits per heavy atom. The first-order valence-electron chi connectivity index (χ1n) is 10.3. The van der Waals surface area contributed by atoms with Gasteiger partial charge in [0, 0.05) is 45.3 Å². The van der Waals surface area contributed by atoms with Gasteiger partial charge in [-0.05, 0) is 32.8 Å². The molecular formula is C22H32N4O2. The molecule has 0 spiro atoms. The topological polar surface area (TPSA) is 59.4 Å². The summed E-state index contributed by atoms with van der Waals surface area (Å²) in [5.41, 5.74) is 3.31. The Bertz CT molecular complexity index is 757. The van der Waals surface area contributed by atoms with Gasteiger partial charge < -0.3 is 14.6 Å². The first-order valence-corrected chi connectivity index (χ1v) is 10.3. The fraction of sp³-hybridized carbons (Fsp3) is 0.545. The number of amides is 1. The molecule has 0 saturated carbocycles. The van der Waals surface area contributed by atoms with Gasteiger partial charge in [0.1, 0.15) is 6.04 Å². The summed E-state index contributed by atoms with van der Waals surface area (Å²) >= 11 is 0. The number of carbonyl (C=O) groups is 1. The monoisotopic (exact) mass is 384 g/mol. The van der Waals surface area contributed by atoms with Crippen LogP contribution < -0.4 is 5.32 Å². The zero-order valence-corrected chi connectivity index (χ0v) is 17.2. The van der Waals surface area contributed by atoms with E-state index in [-0.39, 0.29) is 18.0 Å². The molecule has 0 bridgehead atoms. The Morgan fingerprint density at radius 1 is 1.32 bits per heavy atom. The summed E-state index contributed by atoms with van der Waals surface area (Å²) in [6.07, 6.45) is 3.58. The third-order valence-electron chi connectivity index (χ3n) is 5.17. The van der Waals surface area contributed by atoms with Gasteiger partial charge in [0.05, 0.1) is 17.7 Å².